The zero-order valence-corrected chi connectivity index (χ0v) is 51.2. The Balaban J connectivity index is 1.96. The molecule has 3 aromatic carbocycles. The van der Waals surface area contributed by atoms with Gasteiger partial charge >= 0.3 is 143 Å². The lowest BCUT2D eigenvalue weighted by molar-refractivity contribution is -0.459. The van der Waals surface area contributed by atoms with E-state index in [2.05, 4.69) is 0 Å². The van der Waals surface area contributed by atoms with Crippen molar-refractivity contribution in [1.82, 2.24) is 0 Å². The SMILES string of the molecule is NC(COCc1ccc(/C=C/C(F)(F)C(F)(F)C(F)(F)C(F)(F)C(F)(F)C(F)(F)C(F)(F)C(F)(F)F)cc1)(COCc1ccc(/C=C/C(F)(F)C(F)(F)C(F)(F)C(F)(F)C(F)(F)C(F)(F)C(F)(F)C(F)(F)F)cc1)COCc1ccc(/C=C/C(F)(F)C(F)(F)C(F)(F)C(F)(F)C(F)(F)C(F)(F)C(F)(F)C(F)(F)F)cc1. The van der Waals surface area contributed by atoms with Crippen LogP contribution in [-0.2, 0) is 34.0 Å². The van der Waals surface area contributed by atoms with Crippen molar-refractivity contribution in [3.05, 3.63) is 124 Å². The molecule has 55 heteroatoms. The Morgan fingerprint density at radius 3 is 0.482 bits per heavy atom. The number of rotatable bonds is 36. The summed E-state index contributed by atoms with van der Waals surface area (Å²) >= 11 is 0. The first-order valence-corrected chi connectivity index (χ1v) is 27.2. The van der Waals surface area contributed by atoms with Crippen molar-refractivity contribution in [1.29, 1.82) is 0 Å². The minimum absolute atomic E-state index is 0.310. The Labute approximate surface area is 574 Å². The van der Waals surface area contributed by atoms with Crippen LogP contribution in [0, 0.1) is 0 Å². The predicted octanol–water partition coefficient (Wildman–Crippen LogP) is 22.4. The first kappa shape index (κ1) is 97.3. The van der Waals surface area contributed by atoms with Gasteiger partial charge in [0.25, 0.3) is 0 Å². The molecule has 0 aliphatic rings. The summed E-state index contributed by atoms with van der Waals surface area (Å²) < 4.78 is 715. The van der Waals surface area contributed by atoms with Crippen LogP contribution in [-0.4, -0.2) is 168 Å². The molecule has 3 aromatic rings. The number of halogens is 51. The smallest absolute Gasteiger partial charge is 0.375 e. The van der Waals surface area contributed by atoms with Gasteiger partial charge in [0.05, 0.1) is 45.2 Å². The van der Waals surface area contributed by atoms with Crippen molar-refractivity contribution < 1.29 is 238 Å². The summed E-state index contributed by atoms with van der Waals surface area (Å²) in [5.74, 6) is -177. The molecule has 0 saturated heterocycles. The average molecular weight is 1720 g/mol. The summed E-state index contributed by atoms with van der Waals surface area (Å²) in [5.41, 5.74) is 0.134. The number of allylic oxidation sites excluding steroid dienone is 3. The highest BCUT2D eigenvalue weighted by atomic mass is 19.5. The van der Waals surface area contributed by atoms with E-state index in [1.54, 1.807) is 0 Å². The number of hydrogen-bond acceptors (Lipinski definition) is 4. The Morgan fingerprint density at radius 1 is 0.200 bits per heavy atom. The molecule has 0 aliphatic carbocycles. The van der Waals surface area contributed by atoms with Gasteiger partial charge in [-0.05, 0) is 51.6 Å². The van der Waals surface area contributed by atoms with Crippen molar-refractivity contribution in [2.75, 3.05) is 19.8 Å². The number of ether oxygens (including phenoxy) is 3. The van der Waals surface area contributed by atoms with Crippen molar-refractivity contribution in [2.24, 2.45) is 5.73 Å². The van der Waals surface area contributed by atoms with Crippen LogP contribution in [0.5, 0.6) is 0 Å². The minimum atomic E-state index is -8.95. The van der Waals surface area contributed by atoms with Gasteiger partial charge < -0.3 is 19.9 Å². The monoisotopic (exact) mass is 1720 g/mol. The molecule has 0 bridgehead atoms. The zero-order chi connectivity index (χ0) is 87.1. The maximum Gasteiger partial charge on any atom is 0.460 e. The standard InChI is InChI=1S/C55H32F51NO3/c56-32(57,35(62,63)38(68,69)41(74,75)44(80,81)47(86,87)50(92,93)53(98,99)100)16-13-25-1-7-28(8-2-25)19-108-22-31(107,23-109-20-29-9-3-26(4-10-29)14-17-33(58,59)36(64,65)39(70,71)42(76,77)45(82,83)48(88,89)51(94,95)54(101,102)103)24-110-21-30-11-5-27(6-12-30)15-18-34(60,61)37(66,67)40(72,73)43(78,79)46(84,85)49(90,91)52(96,97)55(104,105)106/h1-18H,19-24,107H2/b16-13+,17-14+,18-15+. The molecule has 0 unspecified atom stereocenters. The predicted molar refractivity (Wildman–Crippen MR) is 264 cm³/mol. The van der Waals surface area contributed by atoms with E-state index in [1.807, 2.05) is 0 Å². The van der Waals surface area contributed by atoms with Crippen LogP contribution < -0.4 is 5.73 Å². The third-order valence-electron chi connectivity index (χ3n) is 14.6. The second-order valence-corrected chi connectivity index (χ2v) is 22.8. The summed E-state index contributed by atoms with van der Waals surface area (Å²) in [6, 6.07) is 6.61. The lowest BCUT2D eigenvalue weighted by atomic mass is 9.89. The molecule has 0 fully saturated rings. The molecule has 0 aliphatic heterocycles. The molecule has 2 N–H and O–H groups in total. The van der Waals surface area contributed by atoms with Crippen molar-refractivity contribution in [2.45, 2.75) is 168 Å². The van der Waals surface area contributed by atoms with E-state index >= 15 is 0 Å². The van der Waals surface area contributed by atoms with Gasteiger partial charge in [-0.3, -0.25) is 0 Å². The van der Waals surface area contributed by atoms with Crippen molar-refractivity contribution in [3.63, 3.8) is 0 Å². The van der Waals surface area contributed by atoms with Gasteiger partial charge in [0.2, 0.25) is 0 Å². The van der Waals surface area contributed by atoms with Crippen LogP contribution in [0.4, 0.5) is 224 Å². The molecule has 0 saturated carbocycles. The molecule has 3 rings (SSSR count). The molecule has 4 nitrogen and oxygen atoms in total. The van der Waals surface area contributed by atoms with Crippen molar-refractivity contribution in [3.8, 4) is 0 Å². The summed E-state index contributed by atoms with van der Waals surface area (Å²) in [5, 5.41) is 0. The highest BCUT2D eigenvalue weighted by Crippen LogP contribution is 2.68. The Bertz CT molecular complexity index is 3310. The molecule has 0 amide bonds. The van der Waals surface area contributed by atoms with E-state index in [9.17, 15) is 224 Å². The number of hydrogen-bond donors (Lipinski definition) is 1. The molecule has 0 atom stereocenters. The van der Waals surface area contributed by atoms with E-state index in [4.69, 9.17) is 19.9 Å². The van der Waals surface area contributed by atoms with Crippen LogP contribution in [0.25, 0.3) is 18.2 Å². The fourth-order valence-electron chi connectivity index (χ4n) is 7.86. The van der Waals surface area contributed by atoms with E-state index in [0.717, 1.165) is 0 Å². The maximum absolute atomic E-state index is 14.5. The normalized spacial score (nSPS) is 16.0. The number of nitrogens with two attached hydrogens (primary N) is 1. The van der Waals surface area contributed by atoms with E-state index in [0.29, 0.717) is 72.8 Å². The first-order valence-electron chi connectivity index (χ1n) is 27.2. The minimum Gasteiger partial charge on any atom is -0.375 e. The van der Waals surface area contributed by atoms with Crippen LogP contribution in [0.1, 0.15) is 33.4 Å². The fourth-order valence-corrected chi connectivity index (χ4v) is 7.86. The van der Waals surface area contributed by atoms with Crippen LogP contribution >= 0.6 is 0 Å². The van der Waals surface area contributed by atoms with E-state index < -0.39 is 241 Å². The summed E-state index contributed by atoms with van der Waals surface area (Å²) in [6.07, 6.45) is -30.1. The van der Waals surface area contributed by atoms with Gasteiger partial charge in [-0.25, -0.2) is 0 Å². The largest absolute Gasteiger partial charge is 0.460 e. The van der Waals surface area contributed by atoms with E-state index in [1.165, 1.54) is 0 Å². The van der Waals surface area contributed by atoms with E-state index in [-0.39, 0.29) is 16.7 Å². The molecule has 0 heterocycles. The molecule has 0 aromatic heterocycles. The lowest BCUT2D eigenvalue weighted by Crippen LogP contribution is -2.74. The first-order chi connectivity index (χ1) is 48.2. The Kier molecular flexibility index (Phi) is 26.1. The maximum atomic E-state index is 14.5. The molecular formula is C55H32F51NO3. The number of benzene rings is 3. The zero-order valence-electron chi connectivity index (χ0n) is 51.2. The van der Waals surface area contributed by atoms with Crippen LogP contribution in [0.2, 0.25) is 0 Å². The topological polar surface area (TPSA) is 53.7 Å². The average Bonchev–Trinajstić information content (AvgIpc) is 0.705. The molecule has 0 radical (unpaired) electrons. The highest BCUT2D eigenvalue weighted by molar-refractivity contribution is 5.53. The molecule has 110 heavy (non-hydrogen) atoms. The Hall–Kier alpha value is -6.85. The van der Waals surface area contributed by atoms with Gasteiger partial charge in [0.15, 0.2) is 0 Å². The van der Waals surface area contributed by atoms with Gasteiger partial charge in [-0.15, -0.1) is 0 Å². The fraction of sp³-hybridized carbons (Fsp3) is 0.564. The second-order valence-electron chi connectivity index (χ2n) is 22.8. The van der Waals surface area contributed by atoms with Gasteiger partial charge in [-0.1, -0.05) is 91.0 Å². The third-order valence-corrected chi connectivity index (χ3v) is 14.6. The molecular weight excluding hydrogens is 1690 g/mol. The van der Waals surface area contributed by atoms with Crippen molar-refractivity contribution >= 4 is 18.2 Å². The number of alkyl halides is 51. The summed E-state index contributed by atoms with van der Waals surface area (Å²) in [7, 11) is 0. The van der Waals surface area contributed by atoms with Crippen LogP contribution in [0.3, 0.4) is 0 Å². The molecule has 0 spiro atoms. The van der Waals surface area contributed by atoms with Gasteiger partial charge in [-0.2, -0.15) is 224 Å². The summed E-state index contributed by atoms with van der Waals surface area (Å²) in [6.45, 7) is -5.81. The quantitative estimate of drug-likeness (QED) is 0.0590. The Morgan fingerprint density at radius 2 is 0.336 bits per heavy atom. The highest BCUT2D eigenvalue weighted by Gasteiger charge is 2.98. The second kappa shape index (κ2) is 29.5. The lowest BCUT2D eigenvalue weighted by Gasteiger charge is -2.42. The third kappa shape index (κ3) is 16.1. The summed E-state index contributed by atoms with van der Waals surface area (Å²) in [4.78, 5) is 0. The van der Waals surface area contributed by atoms with Gasteiger partial charge in [0.1, 0.15) is 0 Å². The van der Waals surface area contributed by atoms with Crippen LogP contribution in [0.15, 0.2) is 91.0 Å². The molecule has 632 valence electrons. The van der Waals surface area contributed by atoms with Gasteiger partial charge in [0, 0.05) is 0 Å².